The quantitative estimate of drug-likeness (QED) is 0.732. The van der Waals surface area contributed by atoms with Gasteiger partial charge in [-0.2, -0.15) is 0 Å². The first kappa shape index (κ1) is 17.3. The van der Waals surface area contributed by atoms with E-state index in [1.54, 1.807) is 25.7 Å². The summed E-state index contributed by atoms with van der Waals surface area (Å²) < 4.78 is 7.27. The van der Waals surface area contributed by atoms with E-state index in [4.69, 9.17) is 4.74 Å². The zero-order valence-electron chi connectivity index (χ0n) is 15.4. The normalized spacial score (nSPS) is 19.3. The van der Waals surface area contributed by atoms with Gasteiger partial charge in [0.15, 0.2) is 0 Å². The SMILES string of the molecule is COc1cccc([C@H](NC(=O)[C@H]2C[C@H]2c2ccncc2)c2nccn2C)c1. The molecule has 1 aliphatic rings. The lowest BCUT2D eigenvalue weighted by molar-refractivity contribution is -0.123. The molecule has 1 aromatic carbocycles. The van der Waals surface area contributed by atoms with Crippen molar-refractivity contribution < 1.29 is 9.53 Å². The molecular formula is C21H22N4O2. The molecule has 0 radical (unpaired) electrons. The van der Waals surface area contributed by atoms with Crippen LogP contribution in [0.25, 0.3) is 0 Å². The number of nitrogens with zero attached hydrogens (tertiary/aromatic N) is 3. The van der Waals surface area contributed by atoms with E-state index < -0.39 is 0 Å². The van der Waals surface area contributed by atoms with Gasteiger partial charge in [0.1, 0.15) is 17.6 Å². The molecule has 27 heavy (non-hydrogen) atoms. The summed E-state index contributed by atoms with van der Waals surface area (Å²) in [5.74, 6) is 1.84. The van der Waals surface area contributed by atoms with Crippen molar-refractivity contribution in [2.45, 2.75) is 18.4 Å². The first-order valence-electron chi connectivity index (χ1n) is 8.99. The predicted octanol–water partition coefficient (Wildman–Crippen LogP) is 2.83. The molecule has 6 nitrogen and oxygen atoms in total. The van der Waals surface area contributed by atoms with Crippen LogP contribution >= 0.6 is 0 Å². The van der Waals surface area contributed by atoms with E-state index in [1.807, 2.05) is 54.2 Å². The molecule has 1 fully saturated rings. The summed E-state index contributed by atoms with van der Waals surface area (Å²) in [6.07, 6.45) is 8.03. The van der Waals surface area contributed by atoms with Gasteiger partial charge in [-0.25, -0.2) is 4.98 Å². The second-order valence-corrected chi connectivity index (χ2v) is 6.84. The Bertz CT molecular complexity index is 938. The molecule has 1 saturated carbocycles. The number of aryl methyl sites for hydroxylation is 1. The number of methoxy groups -OCH3 is 1. The zero-order valence-corrected chi connectivity index (χ0v) is 15.4. The van der Waals surface area contributed by atoms with Crippen molar-refractivity contribution in [2.24, 2.45) is 13.0 Å². The molecule has 0 bridgehead atoms. The summed E-state index contributed by atoms with van der Waals surface area (Å²) in [7, 11) is 3.57. The van der Waals surface area contributed by atoms with E-state index in [9.17, 15) is 4.79 Å². The molecule has 3 aromatic rings. The van der Waals surface area contributed by atoms with Crippen LogP contribution in [0.1, 0.15) is 35.3 Å². The average molecular weight is 362 g/mol. The van der Waals surface area contributed by atoms with Gasteiger partial charge in [0.2, 0.25) is 5.91 Å². The molecule has 2 heterocycles. The second-order valence-electron chi connectivity index (χ2n) is 6.84. The topological polar surface area (TPSA) is 69.0 Å². The minimum Gasteiger partial charge on any atom is -0.497 e. The van der Waals surface area contributed by atoms with Crippen LogP contribution in [0.2, 0.25) is 0 Å². The van der Waals surface area contributed by atoms with Crippen LogP contribution in [0.15, 0.2) is 61.2 Å². The molecule has 1 aliphatic carbocycles. The lowest BCUT2D eigenvalue weighted by Gasteiger charge is -2.20. The van der Waals surface area contributed by atoms with Crippen LogP contribution in [0.4, 0.5) is 0 Å². The highest BCUT2D eigenvalue weighted by Crippen LogP contribution is 2.47. The van der Waals surface area contributed by atoms with Crippen molar-refractivity contribution in [2.75, 3.05) is 7.11 Å². The van der Waals surface area contributed by atoms with Crippen LogP contribution in [-0.4, -0.2) is 27.6 Å². The number of carbonyl (C=O) groups excluding carboxylic acids is 1. The molecule has 0 unspecified atom stereocenters. The highest BCUT2D eigenvalue weighted by Gasteiger charge is 2.44. The number of imidazole rings is 1. The van der Waals surface area contributed by atoms with E-state index in [1.165, 1.54) is 5.56 Å². The molecule has 1 N–H and O–H groups in total. The lowest BCUT2D eigenvalue weighted by atomic mass is 10.0. The van der Waals surface area contributed by atoms with Gasteiger partial charge in [0, 0.05) is 37.8 Å². The number of hydrogen-bond acceptors (Lipinski definition) is 4. The Morgan fingerprint density at radius 3 is 2.78 bits per heavy atom. The summed E-state index contributed by atoms with van der Waals surface area (Å²) in [5.41, 5.74) is 2.11. The summed E-state index contributed by atoms with van der Waals surface area (Å²) in [4.78, 5) is 21.4. The Hall–Kier alpha value is -3.15. The van der Waals surface area contributed by atoms with Crippen LogP contribution in [0.5, 0.6) is 5.75 Å². The van der Waals surface area contributed by atoms with Gasteiger partial charge >= 0.3 is 0 Å². The summed E-state index contributed by atoms with van der Waals surface area (Å²) in [5, 5.41) is 3.20. The smallest absolute Gasteiger partial charge is 0.224 e. The molecule has 0 aliphatic heterocycles. The third kappa shape index (κ3) is 3.56. The second kappa shape index (κ2) is 7.23. The Kier molecular flexibility index (Phi) is 4.62. The summed E-state index contributed by atoms with van der Waals surface area (Å²) in [6.45, 7) is 0. The minimum absolute atomic E-state index is 0.0132. The molecule has 2 aromatic heterocycles. The number of benzene rings is 1. The van der Waals surface area contributed by atoms with Crippen molar-refractivity contribution in [3.05, 3.63) is 78.1 Å². The third-order valence-corrected chi connectivity index (χ3v) is 5.09. The molecular weight excluding hydrogens is 340 g/mol. The summed E-state index contributed by atoms with van der Waals surface area (Å²) >= 11 is 0. The number of amides is 1. The van der Waals surface area contributed by atoms with Crippen molar-refractivity contribution in [3.63, 3.8) is 0 Å². The molecule has 0 saturated heterocycles. The molecule has 138 valence electrons. The Morgan fingerprint density at radius 2 is 2.07 bits per heavy atom. The molecule has 3 atom stereocenters. The van der Waals surface area contributed by atoms with Gasteiger partial charge in [-0.05, 0) is 47.7 Å². The molecule has 4 rings (SSSR count). The number of aromatic nitrogens is 3. The minimum atomic E-state index is -0.328. The van der Waals surface area contributed by atoms with Crippen LogP contribution in [0, 0.1) is 5.92 Å². The van der Waals surface area contributed by atoms with Gasteiger partial charge in [-0.3, -0.25) is 9.78 Å². The lowest BCUT2D eigenvalue weighted by Crippen LogP contribution is -2.32. The number of nitrogens with one attached hydrogen (secondary N) is 1. The van der Waals surface area contributed by atoms with Crippen molar-refractivity contribution >= 4 is 5.91 Å². The predicted molar refractivity (Wildman–Crippen MR) is 101 cm³/mol. The van der Waals surface area contributed by atoms with Gasteiger partial charge in [-0.15, -0.1) is 0 Å². The number of ether oxygens (including phenoxy) is 1. The first-order valence-corrected chi connectivity index (χ1v) is 8.99. The van der Waals surface area contributed by atoms with Gasteiger partial charge < -0.3 is 14.6 Å². The average Bonchev–Trinajstić information content (AvgIpc) is 3.41. The Morgan fingerprint density at radius 1 is 1.26 bits per heavy atom. The van der Waals surface area contributed by atoms with Gasteiger partial charge in [0.25, 0.3) is 0 Å². The van der Waals surface area contributed by atoms with Crippen LogP contribution in [0.3, 0.4) is 0 Å². The van der Waals surface area contributed by atoms with Crippen molar-refractivity contribution in [1.82, 2.24) is 19.9 Å². The van der Waals surface area contributed by atoms with E-state index in [0.717, 1.165) is 23.6 Å². The fourth-order valence-corrected chi connectivity index (χ4v) is 3.49. The highest BCUT2D eigenvalue weighted by atomic mass is 16.5. The number of rotatable bonds is 6. The van der Waals surface area contributed by atoms with Gasteiger partial charge in [-0.1, -0.05) is 12.1 Å². The molecule has 0 spiro atoms. The van der Waals surface area contributed by atoms with Crippen molar-refractivity contribution in [3.8, 4) is 5.75 Å². The van der Waals surface area contributed by atoms with E-state index in [0.29, 0.717) is 0 Å². The van der Waals surface area contributed by atoms with E-state index in [2.05, 4.69) is 15.3 Å². The maximum atomic E-state index is 12.9. The number of carbonyl (C=O) groups is 1. The zero-order chi connectivity index (χ0) is 18.8. The Labute approximate surface area is 158 Å². The maximum Gasteiger partial charge on any atom is 0.224 e. The number of hydrogen-bond donors (Lipinski definition) is 1. The van der Waals surface area contributed by atoms with Crippen LogP contribution < -0.4 is 10.1 Å². The largest absolute Gasteiger partial charge is 0.497 e. The van der Waals surface area contributed by atoms with Crippen molar-refractivity contribution in [1.29, 1.82) is 0 Å². The van der Waals surface area contributed by atoms with Gasteiger partial charge in [0.05, 0.1) is 7.11 Å². The first-order chi connectivity index (χ1) is 13.2. The number of pyridine rings is 1. The fourth-order valence-electron chi connectivity index (χ4n) is 3.49. The van der Waals surface area contributed by atoms with E-state index in [-0.39, 0.29) is 23.8 Å². The molecule has 1 amide bonds. The summed E-state index contributed by atoms with van der Waals surface area (Å²) in [6, 6.07) is 11.4. The maximum absolute atomic E-state index is 12.9. The molecule has 6 heteroatoms. The monoisotopic (exact) mass is 362 g/mol. The Balaban J connectivity index is 1.57. The fraction of sp³-hybridized carbons (Fsp3) is 0.286. The van der Waals surface area contributed by atoms with Crippen LogP contribution in [-0.2, 0) is 11.8 Å². The standard InChI is InChI=1S/C21H22N4O2/c1-25-11-10-23-20(25)19(15-4-3-5-16(12-15)27-2)24-21(26)18-13-17(18)14-6-8-22-9-7-14/h3-12,17-19H,13H2,1-2H3,(H,24,26)/t17-,18-,19-/m0/s1. The van der Waals surface area contributed by atoms with E-state index >= 15 is 0 Å². The third-order valence-electron chi connectivity index (χ3n) is 5.09. The highest BCUT2D eigenvalue weighted by molar-refractivity contribution is 5.83.